The van der Waals surface area contributed by atoms with Gasteiger partial charge in [0.25, 0.3) is 5.91 Å². The Bertz CT molecular complexity index is 1160. The maximum absolute atomic E-state index is 12.9. The van der Waals surface area contributed by atoms with E-state index in [1.165, 1.54) is 17.3 Å². The average Bonchev–Trinajstić information content (AvgIpc) is 3.07. The summed E-state index contributed by atoms with van der Waals surface area (Å²) in [5.74, 6) is 1.19. The summed E-state index contributed by atoms with van der Waals surface area (Å²) < 4.78 is 12.0. The second-order valence-corrected chi connectivity index (χ2v) is 9.11. The highest BCUT2D eigenvalue weighted by Crippen LogP contribution is 2.35. The molecule has 0 saturated carbocycles. The fourth-order valence-electron chi connectivity index (χ4n) is 3.29. The Hall–Kier alpha value is -3.09. The van der Waals surface area contributed by atoms with Crippen molar-refractivity contribution in [3.8, 4) is 11.5 Å². The largest absolute Gasteiger partial charge is 0.493 e. The van der Waals surface area contributed by atoms with E-state index in [1.807, 2.05) is 66.7 Å². The number of methoxy groups -OCH3 is 1. The van der Waals surface area contributed by atoms with Gasteiger partial charge in [0.1, 0.15) is 10.9 Å². The molecule has 1 aliphatic heterocycles. The molecule has 32 heavy (non-hydrogen) atoms. The van der Waals surface area contributed by atoms with Crippen LogP contribution in [0.5, 0.6) is 11.5 Å². The molecule has 0 atom stereocenters. The van der Waals surface area contributed by atoms with Gasteiger partial charge in [-0.1, -0.05) is 90.2 Å². The maximum atomic E-state index is 12.9. The highest BCUT2D eigenvalue weighted by molar-refractivity contribution is 8.26. The Labute approximate surface area is 197 Å². The lowest BCUT2D eigenvalue weighted by atomic mass is 10.1. The zero-order valence-corrected chi connectivity index (χ0v) is 19.5. The van der Waals surface area contributed by atoms with Gasteiger partial charge in [-0.2, -0.15) is 0 Å². The number of ether oxygens (including phenoxy) is 2. The Morgan fingerprint density at radius 1 is 0.969 bits per heavy atom. The fourth-order valence-corrected chi connectivity index (χ4v) is 4.55. The van der Waals surface area contributed by atoms with E-state index in [9.17, 15) is 4.79 Å². The van der Waals surface area contributed by atoms with E-state index in [0.29, 0.717) is 33.9 Å². The zero-order valence-electron chi connectivity index (χ0n) is 17.9. The summed E-state index contributed by atoms with van der Waals surface area (Å²) in [6, 6.07) is 23.7. The Balaban J connectivity index is 1.48. The van der Waals surface area contributed by atoms with Crippen LogP contribution in [-0.4, -0.2) is 22.2 Å². The molecule has 0 N–H and O–H groups in total. The van der Waals surface area contributed by atoms with Gasteiger partial charge in [0.05, 0.1) is 18.6 Å². The molecule has 0 aromatic heterocycles. The van der Waals surface area contributed by atoms with Crippen molar-refractivity contribution in [1.29, 1.82) is 0 Å². The SMILES string of the molecule is COc1cc(C=C2SC(=S)N(Cc3ccccc3)C2=O)ccc1OCc1ccc(C)cc1. The predicted molar refractivity (Wildman–Crippen MR) is 134 cm³/mol. The first-order chi connectivity index (χ1) is 15.5. The van der Waals surface area contributed by atoms with E-state index in [1.54, 1.807) is 12.0 Å². The van der Waals surface area contributed by atoms with Gasteiger partial charge >= 0.3 is 0 Å². The predicted octanol–water partition coefficient (Wildman–Crippen LogP) is 5.98. The van der Waals surface area contributed by atoms with Crippen molar-refractivity contribution in [3.63, 3.8) is 0 Å². The molecule has 1 fully saturated rings. The number of carbonyl (C=O) groups excluding carboxylic acids is 1. The van der Waals surface area contributed by atoms with Gasteiger partial charge in [0, 0.05) is 0 Å². The van der Waals surface area contributed by atoms with Crippen LogP contribution in [0.25, 0.3) is 6.08 Å². The summed E-state index contributed by atoms with van der Waals surface area (Å²) in [4.78, 5) is 15.2. The summed E-state index contributed by atoms with van der Waals surface area (Å²) in [7, 11) is 1.61. The van der Waals surface area contributed by atoms with Crippen LogP contribution in [0.3, 0.4) is 0 Å². The number of hydrogen-bond acceptors (Lipinski definition) is 5. The number of amides is 1. The lowest BCUT2D eigenvalue weighted by Gasteiger charge is -2.14. The Kier molecular flexibility index (Phi) is 6.93. The van der Waals surface area contributed by atoms with E-state index in [4.69, 9.17) is 21.7 Å². The fraction of sp³-hybridized carbons (Fsp3) is 0.154. The van der Waals surface area contributed by atoms with Crippen LogP contribution >= 0.6 is 24.0 Å². The van der Waals surface area contributed by atoms with Crippen LogP contribution in [0.1, 0.15) is 22.3 Å². The summed E-state index contributed by atoms with van der Waals surface area (Å²) in [5, 5.41) is 0. The quantitative estimate of drug-likeness (QED) is 0.319. The first kappa shape index (κ1) is 22.1. The minimum absolute atomic E-state index is 0.0810. The highest BCUT2D eigenvalue weighted by atomic mass is 32.2. The Morgan fingerprint density at radius 2 is 1.72 bits per heavy atom. The van der Waals surface area contributed by atoms with E-state index in [0.717, 1.165) is 16.7 Å². The highest BCUT2D eigenvalue weighted by Gasteiger charge is 2.32. The lowest BCUT2D eigenvalue weighted by Crippen LogP contribution is -2.27. The van der Waals surface area contributed by atoms with Gasteiger partial charge in [-0.3, -0.25) is 9.69 Å². The van der Waals surface area contributed by atoms with Crippen LogP contribution in [0.15, 0.2) is 77.7 Å². The zero-order chi connectivity index (χ0) is 22.5. The van der Waals surface area contributed by atoms with Crippen LogP contribution in [0.4, 0.5) is 0 Å². The van der Waals surface area contributed by atoms with Crippen molar-refractivity contribution in [3.05, 3.63) is 100.0 Å². The van der Waals surface area contributed by atoms with E-state index < -0.39 is 0 Å². The normalized spacial score (nSPS) is 14.8. The monoisotopic (exact) mass is 461 g/mol. The van der Waals surface area contributed by atoms with Crippen molar-refractivity contribution < 1.29 is 14.3 Å². The van der Waals surface area contributed by atoms with Gasteiger partial charge < -0.3 is 9.47 Å². The first-order valence-corrected chi connectivity index (χ1v) is 11.4. The standard InChI is InChI=1S/C26H23NO3S2/c1-18-8-10-20(11-9-18)17-30-22-13-12-21(14-23(22)29-2)15-24-25(28)27(26(31)32-24)16-19-6-4-3-5-7-19/h3-15H,16-17H2,1-2H3. The van der Waals surface area contributed by atoms with E-state index in [2.05, 4.69) is 19.1 Å². The molecule has 4 rings (SSSR count). The topological polar surface area (TPSA) is 38.8 Å². The van der Waals surface area contributed by atoms with Crippen molar-refractivity contribution in [2.45, 2.75) is 20.1 Å². The third kappa shape index (κ3) is 5.21. The third-order valence-corrected chi connectivity index (χ3v) is 6.44. The van der Waals surface area contributed by atoms with Gasteiger partial charge in [-0.25, -0.2) is 0 Å². The third-order valence-electron chi connectivity index (χ3n) is 5.06. The lowest BCUT2D eigenvalue weighted by molar-refractivity contribution is -0.122. The Morgan fingerprint density at radius 3 is 2.44 bits per heavy atom. The van der Waals surface area contributed by atoms with Crippen LogP contribution in [-0.2, 0) is 17.9 Å². The number of carbonyl (C=O) groups is 1. The number of thioether (sulfide) groups is 1. The molecular formula is C26H23NO3S2. The van der Waals surface area contributed by atoms with Crippen LogP contribution < -0.4 is 9.47 Å². The summed E-state index contributed by atoms with van der Waals surface area (Å²) in [5.41, 5.74) is 4.19. The molecule has 0 aliphatic carbocycles. The molecular weight excluding hydrogens is 438 g/mol. The minimum atomic E-state index is -0.0810. The second kappa shape index (κ2) is 10.0. The summed E-state index contributed by atoms with van der Waals surface area (Å²) in [6.07, 6.45) is 1.84. The summed E-state index contributed by atoms with van der Waals surface area (Å²) >= 11 is 6.77. The minimum Gasteiger partial charge on any atom is -0.493 e. The molecule has 162 valence electrons. The van der Waals surface area contributed by atoms with Crippen molar-refractivity contribution in [2.75, 3.05) is 7.11 Å². The van der Waals surface area contributed by atoms with Crippen LogP contribution in [0.2, 0.25) is 0 Å². The molecule has 0 radical (unpaired) electrons. The number of hydrogen-bond donors (Lipinski definition) is 0. The van der Waals surface area contributed by atoms with E-state index in [-0.39, 0.29) is 5.91 Å². The molecule has 1 heterocycles. The number of benzene rings is 3. The average molecular weight is 462 g/mol. The molecule has 0 bridgehead atoms. The number of thiocarbonyl (C=S) groups is 1. The smallest absolute Gasteiger partial charge is 0.266 e. The van der Waals surface area contributed by atoms with Crippen molar-refractivity contribution >= 4 is 40.3 Å². The molecule has 3 aromatic carbocycles. The van der Waals surface area contributed by atoms with Gasteiger partial charge in [0.15, 0.2) is 11.5 Å². The van der Waals surface area contributed by atoms with Gasteiger partial charge in [0.2, 0.25) is 0 Å². The molecule has 1 amide bonds. The molecule has 6 heteroatoms. The number of aryl methyl sites for hydroxylation is 1. The van der Waals surface area contributed by atoms with Crippen molar-refractivity contribution in [1.82, 2.24) is 4.90 Å². The van der Waals surface area contributed by atoms with E-state index >= 15 is 0 Å². The molecule has 3 aromatic rings. The van der Waals surface area contributed by atoms with Gasteiger partial charge in [-0.05, 0) is 41.8 Å². The van der Waals surface area contributed by atoms with Crippen LogP contribution in [0, 0.1) is 6.92 Å². The second-order valence-electron chi connectivity index (χ2n) is 7.44. The summed E-state index contributed by atoms with van der Waals surface area (Å²) in [6.45, 7) is 2.98. The molecule has 1 aliphatic rings. The maximum Gasteiger partial charge on any atom is 0.266 e. The first-order valence-electron chi connectivity index (χ1n) is 10.2. The number of nitrogens with zero attached hydrogens (tertiary/aromatic N) is 1. The molecule has 1 saturated heterocycles. The van der Waals surface area contributed by atoms with Crippen molar-refractivity contribution in [2.24, 2.45) is 0 Å². The molecule has 4 nitrogen and oxygen atoms in total. The molecule has 0 unspecified atom stereocenters. The number of rotatable bonds is 7. The van der Waals surface area contributed by atoms with Gasteiger partial charge in [-0.15, -0.1) is 0 Å². The molecule has 0 spiro atoms.